The Morgan fingerprint density at radius 2 is 1.70 bits per heavy atom. The van der Waals surface area contributed by atoms with Gasteiger partial charge in [-0.1, -0.05) is 12.1 Å². The third kappa shape index (κ3) is 2.96. The number of fused-ring (bicyclic) bond motifs is 1. The summed E-state index contributed by atoms with van der Waals surface area (Å²) >= 11 is 0. The van der Waals surface area contributed by atoms with E-state index in [1.807, 2.05) is 18.2 Å². The minimum absolute atomic E-state index is 0.0689. The van der Waals surface area contributed by atoms with Gasteiger partial charge < -0.3 is 9.47 Å². The standard InChI is InChI=1S/C21H22N2O4/c1-26-14-9-10-19(27-2)17(12-14)18-8-5-11-22(18)13-23-20(24)15-6-3-4-7-16(15)21(23)25/h3-4,6-7,9-10,12,18H,5,8,11,13H2,1-2H3/t18-/m0/s1. The number of amides is 2. The topological polar surface area (TPSA) is 59.1 Å². The molecule has 2 aliphatic rings. The van der Waals surface area contributed by atoms with Crippen molar-refractivity contribution in [2.45, 2.75) is 18.9 Å². The maximum Gasteiger partial charge on any atom is 0.262 e. The lowest BCUT2D eigenvalue weighted by molar-refractivity contribution is 0.0525. The van der Waals surface area contributed by atoms with E-state index in [2.05, 4.69) is 4.90 Å². The lowest BCUT2D eigenvalue weighted by atomic mass is 10.0. The Morgan fingerprint density at radius 3 is 2.33 bits per heavy atom. The minimum Gasteiger partial charge on any atom is -0.497 e. The SMILES string of the molecule is COc1ccc(OC)c([C@@H]2CCCN2CN2C(=O)c3ccccc3C2=O)c1. The third-order valence-electron chi connectivity index (χ3n) is 5.36. The van der Waals surface area contributed by atoms with Crippen LogP contribution in [0.2, 0.25) is 0 Å². The number of hydrogen-bond donors (Lipinski definition) is 0. The van der Waals surface area contributed by atoms with Crippen LogP contribution >= 0.6 is 0 Å². The summed E-state index contributed by atoms with van der Waals surface area (Å²) in [5, 5.41) is 0. The first kappa shape index (κ1) is 17.5. The van der Waals surface area contributed by atoms with E-state index in [1.165, 1.54) is 4.90 Å². The second-order valence-electron chi connectivity index (χ2n) is 6.80. The lowest BCUT2D eigenvalue weighted by Crippen LogP contribution is -2.41. The summed E-state index contributed by atoms with van der Waals surface area (Å²) in [6, 6.07) is 12.8. The number of hydrogen-bond acceptors (Lipinski definition) is 5. The predicted molar refractivity (Wildman–Crippen MR) is 100 cm³/mol. The smallest absolute Gasteiger partial charge is 0.262 e. The molecule has 2 amide bonds. The molecule has 4 rings (SSSR count). The Balaban J connectivity index is 1.60. The zero-order chi connectivity index (χ0) is 19.0. The minimum atomic E-state index is -0.223. The largest absolute Gasteiger partial charge is 0.497 e. The molecular weight excluding hydrogens is 344 g/mol. The predicted octanol–water partition coefficient (Wildman–Crippen LogP) is 3.09. The Hall–Kier alpha value is -2.86. The van der Waals surface area contributed by atoms with Crippen molar-refractivity contribution in [2.75, 3.05) is 27.4 Å². The van der Waals surface area contributed by atoms with Gasteiger partial charge in [-0.25, -0.2) is 0 Å². The molecule has 0 radical (unpaired) electrons. The van der Waals surface area contributed by atoms with Gasteiger partial charge >= 0.3 is 0 Å². The van der Waals surface area contributed by atoms with Crippen LogP contribution in [0.5, 0.6) is 11.5 Å². The fourth-order valence-corrected chi connectivity index (χ4v) is 4.00. The normalized spacial score (nSPS) is 19.5. The van der Waals surface area contributed by atoms with E-state index in [9.17, 15) is 9.59 Å². The van der Waals surface area contributed by atoms with Gasteiger partial charge in [0.25, 0.3) is 11.8 Å². The van der Waals surface area contributed by atoms with Gasteiger partial charge in [0.1, 0.15) is 11.5 Å². The highest BCUT2D eigenvalue weighted by Gasteiger charge is 2.38. The molecule has 6 nitrogen and oxygen atoms in total. The van der Waals surface area contributed by atoms with Crippen molar-refractivity contribution in [3.8, 4) is 11.5 Å². The highest BCUT2D eigenvalue weighted by Crippen LogP contribution is 2.39. The van der Waals surface area contributed by atoms with Crippen molar-refractivity contribution in [2.24, 2.45) is 0 Å². The van der Waals surface area contributed by atoms with Crippen molar-refractivity contribution in [3.05, 3.63) is 59.2 Å². The van der Waals surface area contributed by atoms with Gasteiger partial charge in [-0.15, -0.1) is 0 Å². The number of benzene rings is 2. The van der Waals surface area contributed by atoms with Gasteiger partial charge in [-0.3, -0.25) is 19.4 Å². The number of carbonyl (C=O) groups is 2. The van der Waals surface area contributed by atoms with Gasteiger partial charge in [0.15, 0.2) is 0 Å². The lowest BCUT2D eigenvalue weighted by Gasteiger charge is -2.29. The van der Waals surface area contributed by atoms with E-state index in [4.69, 9.17) is 9.47 Å². The number of ether oxygens (including phenoxy) is 2. The summed E-state index contributed by atoms with van der Waals surface area (Å²) in [7, 11) is 3.28. The average molecular weight is 366 g/mol. The zero-order valence-corrected chi connectivity index (χ0v) is 15.5. The first-order valence-electron chi connectivity index (χ1n) is 9.05. The second kappa shape index (κ2) is 7.04. The maximum absolute atomic E-state index is 12.7. The maximum atomic E-state index is 12.7. The number of carbonyl (C=O) groups excluding carboxylic acids is 2. The third-order valence-corrected chi connectivity index (χ3v) is 5.36. The van der Waals surface area contributed by atoms with Crippen LogP contribution in [0.4, 0.5) is 0 Å². The Kier molecular flexibility index (Phi) is 4.58. The number of imide groups is 1. The van der Waals surface area contributed by atoms with Gasteiger partial charge in [0.2, 0.25) is 0 Å². The molecule has 0 unspecified atom stereocenters. The number of rotatable bonds is 5. The summed E-state index contributed by atoms with van der Waals surface area (Å²) in [5.74, 6) is 1.10. The van der Waals surface area contributed by atoms with Crippen LogP contribution in [0.1, 0.15) is 45.2 Å². The molecule has 0 bridgehead atoms. The Labute approximate surface area is 158 Å². The summed E-state index contributed by atoms with van der Waals surface area (Å²) in [4.78, 5) is 28.9. The van der Waals surface area contributed by atoms with Crippen LogP contribution in [0.3, 0.4) is 0 Å². The molecule has 2 aliphatic heterocycles. The van der Waals surface area contributed by atoms with Gasteiger partial charge in [-0.05, 0) is 43.2 Å². The first-order chi connectivity index (χ1) is 13.1. The molecule has 0 spiro atoms. The van der Waals surface area contributed by atoms with E-state index >= 15 is 0 Å². The second-order valence-corrected chi connectivity index (χ2v) is 6.80. The summed E-state index contributed by atoms with van der Waals surface area (Å²) in [6.45, 7) is 1.09. The van der Waals surface area contributed by atoms with Crippen LogP contribution in [-0.4, -0.2) is 49.0 Å². The monoisotopic (exact) mass is 366 g/mol. The number of methoxy groups -OCH3 is 2. The highest BCUT2D eigenvalue weighted by molar-refractivity contribution is 6.21. The van der Waals surface area contributed by atoms with Crippen LogP contribution in [0.15, 0.2) is 42.5 Å². The molecule has 0 aliphatic carbocycles. The molecule has 1 saturated heterocycles. The van der Waals surface area contributed by atoms with Crippen molar-refractivity contribution in [1.82, 2.24) is 9.80 Å². The summed E-state index contributed by atoms with van der Waals surface area (Å²) in [5.41, 5.74) is 1.99. The molecule has 0 N–H and O–H groups in total. The fraction of sp³-hybridized carbons (Fsp3) is 0.333. The fourth-order valence-electron chi connectivity index (χ4n) is 4.00. The molecule has 1 atom stereocenters. The molecule has 2 aromatic rings. The molecule has 2 heterocycles. The van der Waals surface area contributed by atoms with E-state index < -0.39 is 0 Å². The summed E-state index contributed by atoms with van der Waals surface area (Å²) in [6.07, 6.45) is 1.93. The molecule has 27 heavy (non-hydrogen) atoms. The van der Waals surface area contributed by atoms with Crippen LogP contribution in [-0.2, 0) is 0 Å². The first-order valence-corrected chi connectivity index (χ1v) is 9.05. The van der Waals surface area contributed by atoms with Crippen LogP contribution in [0, 0.1) is 0 Å². The van der Waals surface area contributed by atoms with Gasteiger partial charge in [0, 0.05) is 18.2 Å². The van der Waals surface area contributed by atoms with Gasteiger partial charge in [0.05, 0.1) is 32.0 Å². The van der Waals surface area contributed by atoms with E-state index in [1.54, 1.807) is 38.5 Å². The van der Waals surface area contributed by atoms with Crippen molar-refractivity contribution >= 4 is 11.8 Å². The average Bonchev–Trinajstić information content (AvgIpc) is 3.26. The van der Waals surface area contributed by atoms with Crippen molar-refractivity contribution < 1.29 is 19.1 Å². The van der Waals surface area contributed by atoms with Crippen LogP contribution in [0.25, 0.3) is 0 Å². The van der Waals surface area contributed by atoms with E-state index in [0.717, 1.165) is 36.4 Å². The molecular formula is C21H22N2O4. The van der Waals surface area contributed by atoms with Gasteiger partial charge in [-0.2, -0.15) is 0 Å². The highest BCUT2D eigenvalue weighted by atomic mass is 16.5. The quantitative estimate of drug-likeness (QED) is 0.761. The molecule has 140 valence electrons. The molecule has 1 fully saturated rings. The molecule has 0 aromatic heterocycles. The van der Waals surface area contributed by atoms with Crippen LogP contribution < -0.4 is 9.47 Å². The number of nitrogens with zero attached hydrogens (tertiary/aromatic N) is 2. The Bertz CT molecular complexity index is 861. The van der Waals surface area contributed by atoms with Crippen molar-refractivity contribution in [1.29, 1.82) is 0 Å². The number of likely N-dealkylation sites (tertiary alicyclic amines) is 1. The summed E-state index contributed by atoms with van der Waals surface area (Å²) < 4.78 is 10.9. The Morgan fingerprint density at radius 1 is 1.00 bits per heavy atom. The molecule has 6 heteroatoms. The molecule has 0 saturated carbocycles. The zero-order valence-electron chi connectivity index (χ0n) is 15.5. The van der Waals surface area contributed by atoms with Crippen molar-refractivity contribution in [3.63, 3.8) is 0 Å². The van der Waals surface area contributed by atoms with E-state index in [0.29, 0.717) is 11.1 Å². The molecule has 2 aromatic carbocycles. The van der Waals surface area contributed by atoms with E-state index in [-0.39, 0.29) is 24.5 Å².